The van der Waals surface area contributed by atoms with E-state index in [0.717, 1.165) is 22.6 Å². The molecule has 4 heteroatoms. The van der Waals surface area contributed by atoms with Crippen LogP contribution in [0.15, 0.2) is 18.2 Å². The molecule has 0 aromatic heterocycles. The number of nitrogens with one attached hydrogen (secondary N) is 1. The van der Waals surface area contributed by atoms with E-state index in [-0.39, 0.29) is 17.2 Å². The standard InChI is InChI=1S/C16H25ClN2O/c1-10-6-11(8-12(17)7-10)14(19-18)13-9-15(2,3)20-16(13,4)5/h6-8,13-14,19H,9,18H2,1-5H3. The summed E-state index contributed by atoms with van der Waals surface area (Å²) in [5.74, 6) is 6.14. The summed E-state index contributed by atoms with van der Waals surface area (Å²) in [5.41, 5.74) is 4.88. The SMILES string of the molecule is Cc1cc(Cl)cc(C(NN)C2CC(C)(C)OC2(C)C)c1. The Bertz CT molecular complexity index is 479. The maximum atomic E-state index is 6.19. The number of hydrogen-bond acceptors (Lipinski definition) is 3. The molecule has 1 fully saturated rings. The van der Waals surface area contributed by atoms with Crippen molar-refractivity contribution in [3.05, 3.63) is 34.3 Å². The van der Waals surface area contributed by atoms with Crippen LogP contribution in [0.25, 0.3) is 0 Å². The Morgan fingerprint density at radius 3 is 2.40 bits per heavy atom. The zero-order valence-corrected chi connectivity index (χ0v) is 13.7. The minimum atomic E-state index is -0.225. The van der Waals surface area contributed by atoms with Crippen molar-refractivity contribution in [1.29, 1.82) is 0 Å². The first kappa shape index (κ1) is 15.8. The molecule has 2 atom stereocenters. The van der Waals surface area contributed by atoms with Gasteiger partial charge in [0.05, 0.1) is 17.2 Å². The van der Waals surface area contributed by atoms with Crippen molar-refractivity contribution < 1.29 is 4.74 Å². The monoisotopic (exact) mass is 296 g/mol. The lowest BCUT2D eigenvalue weighted by atomic mass is 9.79. The molecule has 2 unspecified atom stereocenters. The van der Waals surface area contributed by atoms with Gasteiger partial charge in [-0.15, -0.1) is 0 Å². The molecule has 0 bridgehead atoms. The third-order valence-electron chi connectivity index (χ3n) is 4.15. The second-order valence-electron chi connectivity index (χ2n) is 6.98. The highest BCUT2D eigenvalue weighted by Crippen LogP contribution is 2.47. The lowest BCUT2D eigenvalue weighted by molar-refractivity contribution is -0.0779. The third kappa shape index (κ3) is 3.17. The van der Waals surface area contributed by atoms with Crippen LogP contribution in [0.4, 0.5) is 0 Å². The molecule has 1 aromatic carbocycles. The van der Waals surface area contributed by atoms with Gasteiger partial charge in [-0.3, -0.25) is 11.3 Å². The number of rotatable bonds is 3. The highest BCUT2D eigenvalue weighted by atomic mass is 35.5. The summed E-state index contributed by atoms with van der Waals surface area (Å²) in [7, 11) is 0. The van der Waals surface area contributed by atoms with E-state index in [4.69, 9.17) is 22.2 Å². The topological polar surface area (TPSA) is 47.3 Å². The maximum absolute atomic E-state index is 6.19. The molecular formula is C16H25ClN2O. The van der Waals surface area contributed by atoms with Crippen LogP contribution in [-0.4, -0.2) is 11.2 Å². The van der Waals surface area contributed by atoms with E-state index in [1.54, 1.807) is 0 Å². The lowest BCUT2D eigenvalue weighted by Gasteiger charge is -2.33. The van der Waals surface area contributed by atoms with Gasteiger partial charge in [0, 0.05) is 10.9 Å². The molecule has 2 rings (SSSR count). The van der Waals surface area contributed by atoms with E-state index >= 15 is 0 Å². The van der Waals surface area contributed by atoms with E-state index in [2.05, 4.69) is 39.2 Å². The largest absolute Gasteiger partial charge is 0.369 e. The molecule has 1 aromatic rings. The summed E-state index contributed by atoms with van der Waals surface area (Å²) in [5, 5.41) is 0.747. The van der Waals surface area contributed by atoms with Crippen LogP contribution >= 0.6 is 11.6 Å². The van der Waals surface area contributed by atoms with Gasteiger partial charge in [-0.1, -0.05) is 17.7 Å². The van der Waals surface area contributed by atoms with Crippen LogP contribution in [0.3, 0.4) is 0 Å². The van der Waals surface area contributed by atoms with Crippen molar-refractivity contribution in [1.82, 2.24) is 5.43 Å². The van der Waals surface area contributed by atoms with E-state index in [1.165, 1.54) is 0 Å². The van der Waals surface area contributed by atoms with Gasteiger partial charge in [-0.25, -0.2) is 0 Å². The summed E-state index contributed by atoms with van der Waals surface area (Å²) in [6.07, 6.45) is 0.959. The molecule has 112 valence electrons. The molecule has 0 aliphatic carbocycles. The first-order chi connectivity index (χ1) is 9.14. The van der Waals surface area contributed by atoms with Crippen molar-refractivity contribution in [2.75, 3.05) is 0 Å². The highest BCUT2D eigenvalue weighted by molar-refractivity contribution is 6.30. The molecule has 20 heavy (non-hydrogen) atoms. The normalized spacial score (nSPS) is 25.6. The molecule has 1 heterocycles. The number of hydrogen-bond donors (Lipinski definition) is 2. The van der Waals surface area contributed by atoms with Crippen molar-refractivity contribution in [2.24, 2.45) is 11.8 Å². The summed E-state index contributed by atoms with van der Waals surface area (Å²) in [4.78, 5) is 0. The molecule has 0 spiro atoms. The fourth-order valence-electron chi connectivity index (χ4n) is 3.51. The predicted molar refractivity (Wildman–Crippen MR) is 83.6 cm³/mol. The molecule has 0 amide bonds. The van der Waals surface area contributed by atoms with Gasteiger partial charge >= 0.3 is 0 Å². The van der Waals surface area contributed by atoms with E-state index < -0.39 is 0 Å². The summed E-state index contributed by atoms with van der Waals surface area (Å²) >= 11 is 6.19. The predicted octanol–water partition coefficient (Wildman–Crippen LogP) is 3.75. The molecule has 3 nitrogen and oxygen atoms in total. The Morgan fingerprint density at radius 1 is 1.30 bits per heavy atom. The third-order valence-corrected chi connectivity index (χ3v) is 4.37. The summed E-state index contributed by atoms with van der Waals surface area (Å²) in [6, 6.07) is 6.11. The Morgan fingerprint density at radius 2 is 1.95 bits per heavy atom. The minimum absolute atomic E-state index is 0.0316. The smallest absolute Gasteiger partial charge is 0.0681 e. The average molecular weight is 297 g/mol. The van der Waals surface area contributed by atoms with Crippen LogP contribution in [0.2, 0.25) is 5.02 Å². The van der Waals surface area contributed by atoms with Gasteiger partial charge in [0.2, 0.25) is 0 Å². The van der Waals surface area contributed by atoms with Gasteiger partial charge in [0.25, 0.3) is 0 Å². The number of halogens is 1. The Hall–Kier alpha value is -0.610. The first-order valence-electron chi connectivity index (χ1n) is 7.08. The van der Waals surface area contributed by atoms with E-state index in [1.807, 2.05) is 19.1 Å². The molecule has 1 saturated heterocycles. The Balaban J connectivity index is 2.37. The number of benzene rings is 1. The maximum Gasteiger partial charge on any atom is 0.0681 e. The van der Waals surface area contributed by atoms with Crippen LogP contribution in [-0.2, 0) is 4.74 Å². The molecule has 0 saturated carbocycles. The summed E-state index contributed by atoms with van der Waals surface area (Å²) < 4.78 is 6.18. The number of hydrazine groups is 1. The van der Waals surface area contributed by atoms with E-state index in [9.17, 15) is 0 Å². The van der Waals surface area contributed by atoms with Crippen LogP contribution in [0.5, 0.6) is 0 Å². The van der Waals surface area contributed by atoms with Crippen molar-refractivity contribution in [2.45, 2.75) is 58.3 Å². The van der Waals surface area contributed by atoms with Crippen molar-refractivity contribution in [3.8, 4) is 0 Å². The van der Waals surface area contributed by atoms with Crippen LogP contribution < -0.4 is 11.3 Å². The first-order valence-corrected chi connectivity index (χ1v) is 7.46. The molecule has 3 N–H and O–H groups in total. The van der Waals surface area contributed by atoms with Gasteiger partial charge < -0.3 is 4.74 Å². The second kappa shape index (κ2) is 5.30. The molecule has 1 aliphatic rings. The zero-order valence-electron chi connectivity index (χ0n) is 13.0. The fraction of sp³-hybridized carbons (Fsp3) is 0.625. The quantitative estimate of drug-likeness (QED) is 0.660. The average Bonchev–Trinajstić information content (AvgIpc) is 2.46. The van der Waals surface area contributed by atoms with Crippen molar-refractivity contribution >= 4 is 11.6 Å². The molecule has 0 radical (unpaired) electrons. The van der Waals surface area contributed by atoms with Gasteiger partial charge in [-0.05, 0) is 64.3 Å². The Kier molecular flexibility index (Phi) is 4.18. The Labute approximate surface area is 126 Å². The molecular weight excluding hydrogens is 272 g/mol. The van der Waals surface area contributed by atoms with Crippen LogP contribution in [0.1, 0.15) is 51.3 Å². The van der Waals surface area contributed by atoms with Gasteiger partial charge in [0.15, 0.2) is 0 Å². The number of nitrogens with two attached hydrogens (primary N) is 1. The fourth-order valence-corrected chi connectivity index (χ4v) is 3.81. The van der Waals surface area contributed by atoms with Gasteiger partial charge in [-0.2, -0.15) is 0 Å². The number of aryl methyl sites for hydroxylation is 1. The minimum Gasteiger partial charge on any atom is -0.369 e. The van der Waals surface area contributed by atoms with Gasteiger partial charge in [0.1, 0.15) is 0 Å². The van der Waals surface area contributed by atoms with E-state index in [0.29, 0.717) is 5.92 Å². The lowest BCUT2D eigenvalue weighted by Crippen LogP contribution is -2.41. The second-order valence-corrected chi connectivity index (χ2v) is 7.42. The summed E-state index contributed by atoms with van der Waals surface area (Å²) in [6.45, 7) is 10.6. The highest BCUT2D eigenvalue weighted by Gasteiger charge is 2.49. The number of ether oxygens (including phenoxy) is 1. The van der Waals surface area contributed by atoms with Crippen molar-refractivity contribution in [3.63, 3.8) is 0 Å². The zero-order chi connectivity index (χ0) is 15.1. The molecule has 1 aliphatic heterocycles. The van der Waals surface area contributed by atoms with Crippen LogP contribution in [0, 0.1) is 12.8 Å².